The number of hydrogen-bond donors (Lipinski definition) is 2. The van der Waals surface area contributed by atoms with Gasteiger partial charge >= 0.3 is 18.1 Å². The molecule has 4 aliphatic rings. The number of imide groups is 1. The number of aliphatic carboxylic acids is 1. The van der Waals surface area contributed by atoms with E-state index in [2.05, 4.69) is 4.90 Å². The fourth-order valence-electron chi connectivity index (χ4n) is 5.05. The van der Waals surface area contributed by atoms with Gasteiger partial charge in [0.15, 0.2) is 0 Å². The summed E-state index contributed by atoms with van der Waals surface area (Å²) < 4.78 is 0. The van der Waals surface area contributed by atoms with E-state index in [-0.39, 0.29) is 18.2 Å². The molecule has 10 heteroatoms. The second-order valence-electron chi connectivity index (χ2n) is 7.87. The lowest BCUT2D eigenvalue weighted by Crippen LogP contribution is -2.74. The van der Waals surface area contributed by atoms with Gasteiger partial charge in [0.1, 0.15) is 11.7 Å². The average Bonchev–Trinajstić information content (AvgIpc) is 2.99. The molecule has 4 aliphatic heterocycles. The number of likely N-dealkylation sites (tertiary alicyclic amines) is 2. The van der Waals surface area contributed by atoms with Gasteiger partial charge in [0.25, 0.3) is 5.91 Å². The third-order valence-electron chi connectivity index (χ3n) is 6.40. The van der Waals surface area contributed by atoms with Gasteiger partial charge in [-0.1, -0.05) is 6.42 Å². The Morgan fingerprint density at radius 2 is 1.79 bits per heavy atom. The third kappa shape index (κ3) is 2.66. The molecule has 0 aromatic heterocycles. The molecule has 0 aromatic rings. The Morgan fingerprint density at radius 3 is 2.39 bits per heavy atom. The van der Waals surface area contributed by atoms with Crippen LogP contribution in [0.1, 0.15) is 25.7 Å². The quantitative estimate of drug-likeness (QED) is 0.669. The lowest BCUT2D eigenvalue weighted by Gasteiger charge is -2.53. The summed E-state index contributed by atoms with van der Waals surface area (Å²) in [5.74, 6) is -1.66. The van der Waals surface area contributed by atoms with Crippen molar-refractivity contribution in [2.24, 2.45) is 5.92 Å². The molecule has 0 bridgehead atoms. The number of β-lactam (4-membered cyclic amide) rings is 1. The second kappa shape index (κ2) is 6.77. The van der Waals surface area contributed by atoms with Crippen molar-refractivity contribution in [1.29, 1.82) is 0 Å². The van der Waals surface area contributed by atoms with Crippen molar-refractivity contribution in [3.05, 3.63) is 11.3 Å². The molecule has 4 amide bonds. The zero-order valence-electron chi connectivity index (χ0n) is 15.7. The maximum atomic E-state index is 12.8. The normalized spacial score (nSPS) is 29.5. The van der Waals surface area contributed by atoms with Gasteiger partial charge in [-0.15, -0.1) is 0 Å². The molecule has 4 rings (SSSR count). The Hall–Kier alpha value is -2.62. The summed E-state index contributed by atoms with van der Waals surface area (Å²) in [6, 6.07) is -1.94. The van der Waals surface area contributed by atoms with Crippen molar-refractivity contribution in [2.75, 3.05) is 33.2 Å². The highest BCUT2D eigenvalue weighted by atomic mass is 16.4. The molecule has 4 heterocycles. The smallest absolute Gasteiger partial charge is 0.415 e. The molecule has 0 saturated carbocycles. The standard InChI is InChI=1S/C18H24N4O6/c1-19(18(27)28)17(26)21-8-5-10-11(9-20-6-3-2-4-7-20)13(16(24)25)22-12(10)14(21)15(22)23/h10,12,14H,2-9H2,1H3,(H,24,25)(H,27,28)/t10?,12-,14+/m1/s1. The van der Waals surface area contributed by atoms with Crippen LogP contribution in [-0.2, 0) is 9.59 Å². The Morgan fingerprint density at radius 1 is 1.11 bits per heavy atom. The van der Waals surface area contributed by atoms with Gasteiger partial charge in [-0.05, 0) is 37.9 Å². The van der Waals surface area contributed by atoms with Crippen molar-refractivity contribution in [1.82, 2.24) is 19.6 Å². The van der Waals surface area contributed by atoms with Gasteiger partial charge < -0.3 is 15.1 Å². The summed E-state index contributed by atoms with van der Waals surface area (Å²) in [5.41, 5.74) is 0.830. The molecule has 0 aliphatic carbocycles. The number of carbonyl (C=O) groups excluding carboxylic acids is 2. The summed E-state index contributed by atoms with van der Waals surface area (Å²) in [6.07, 6.45) is 2.47. The summed E-state index contributed by atoms with van der Waals surface area (Å²) in [4.78, 5) is 53.7. The molecular weight excluding hydrogens is 368 g/mol. The van der Waals surface area contributed by atoms with E-state index in [9.17, 15) is 24.3 Å². The van der Waals surface area contributed by atoms with Crippen molar-refractivity contribution < 1.29 is 29.4 Å². The molecule has 152 valence electrons. The van der Waals surface area contributed by atoms with Crippen molar-refractivity contribution in [3.63, 3.8) is 0 Å². The predicted molar refractivity (Wildman–Crippen MR) is 95.4 cm³/mol. The lowest BCUT2D eigenvalue weighted by atomic mass is 9.78. The second-order valence-corrected chi connectivity index (χ2v) is 7.87. The highest BCUT2D eigenvalue weighted by Crippen LogP contribution is 2.49. The van der Waals surface area contributed by atoms with Crippen LogP contribution in [0.15, 0.2) is 11.3 Å². The van der Waals surface area contributed by atoms with Crippen LogP contribution in [0.2, 0.25) is 0 Å². The number of nitrogens with zero attached hydrogens (tertiary/aromatic N) is 4. The summed E-state index contributed by atoms with van der Waals surface area (Å²) >= 11 is 0. The van der Waals surface area contributed by atoms with Gasteiger partial charge in [-0.3, -0.25) is 14.6 Å². The third-order valence-corrected chi connectivity index (χ3v) is 6.40. The number of carbonyl (C=O) groups is 4. The number of rotatable bonds is 3. The lowest BCUT2D eigenvalue weighted by molar-refractivity contribution is -0.160. The van der Waals surface area contributed by atoms with Gasteiger partial charge in [-0.25, -0.2) is 19.3 Å². The number of amides is 4. The van der Waals surface area contributed by atoms with E-state index in [1.54, 1.807) is 0 Å². The molecule has 0 spiro atoms. The van der Waals surface area contributed by atoms with Crippen LogP contribution < -0.4 is 0 Å². The van der Waals surface area contributed by atoms with Crippen LogP contribution in [0.3, 0.4) is 0 Å². The van der Waals surface area contributed by atoms with E-state index in [1.807, 2.05) is 0 Å². The predicted octanol–water partition coefficient (Wildman–Crippen LogP) is 0.456. The first-order chi connectivity index (χ1) is 13.3. The van der Waals surface area contributed by atoms with Gasteiger partial charge in [0.05, 0.1) is 6.04 Å². The Labute approximate surface area is 162 Å². The monoisotopic (exact) mass is 392 g/mol. The molecular formula is C18H24N4O6. The Bertz CT molecular complexity index is 774. The zero-order valence-corrected chi connectivity index (χ0v) is 15.7. The molecule has 3 saturated heterocycles. The molecule has 1 unspecified atom stereocenters. The summed E-state index contributed by atoms with van der Waals surface area (Å²) in [5, 5.41) is 18.8. The van der Waals surface area contributed by atoms with Gasteiger partial charge in [-0.2, -0.15) is 0 Å². The average molecular weight is 392 g/mol. The van der Waals surface area contributed by atoms with Crippen LogP contribution >= 0.6 is 0 Å². The summed E-state index contributed by atoms with van der Waals surface area (Å²) in [7, 11) is 1.15. The van der Waals surface area contributed by atoms with E-state index in [0.717, 1.165) is 38.6 Å². The van der Waals surface area contributed by atoms with E-state index < -0.39 is 36.1 Å². The largest absolute Gasteiger partial charge is 0.477 e. The topological polar surface area (TPSA) is 122 Å². The number of piperidine rings is 2. The summed E-state index contributed by atoms with van der Waals surface area (Å²) in [6.45, 7) is 2.60. The Kier molecular flexibility index (Phi) is 4.53. The van der Waals surface area contributed by atoms with Gasteiger partial charge in [0.2, 0.25) is 0 Å². The molecule has 0 radical (unpaired) electrons. The van der Waals surface area contributed by atoms with Crippen molar-refractivity contribution in [2.45, 2.75) is 37.8 Å². The highest BCUT2D eigenvalue weighted by Gasteiger charge is 2.64. The maximum Gasteiger partial charge on any atom is 0.415 e. The fraction of sp³-hybridized carbons (Fsp3) is 0.667. The minimum absolute atomic E-state index is 0.0581. The van der Waals surface area contributed by atoms with E-state index >= 15 is 0 Å². The van der Waals surface area contributed by atoms with Crippen LogP contribution in [0.4, 0.5) is 9.59 Å². The van der Waals surface area contributed by atoms with Crippen molar-refractivity contribution >= 4 is 24.0 Å². The molecule has 3 fully saturated rings. The number of hydrogen-bond acceptors (Lipinski definition) is 5. The van der Waals surface area contributed by atoms with E-state index in [4.69, 9.17) is 5.11 Å². The fourth-order valence-corrected chi connectivity index (χ4v) is 5.05. The highest BCUT2D eigenvalue weighted by molar-refractivity contribution is 6.04. The first-order valence-electron chi connectivity index (χ1n) is 9.62. The van der Waals surface area contributed by atoms with E-state index in [0.29, 0.717) is 17.9 Å². The zero-order chi connectivity index (χ0) is 20.2. The Balaban J connectivity index is 1.60. The maximum absolute atomic E-state index is 12.8. The van der Waals surface area contributed by atoms with Crippen LogP contribution in [0.25, 0.3) is 0 Å². The molecule has 10 nitrogen and oxygen atoms in total. The number of carboxylic acid groups (broad SMARTS) is 2. The minimum atomic E-state index is -1.39. The SMILES string of the molecule is CN(C(=O)O)C(=O)N1CCC2C(CN3CCCCC3)=C(C(=O)O)N3C(=O)[C@@H]1[C@@H]23. The first kappa shape index (κ1) is 18.7. The van der Waals surface area contributed by atoms with Crippen LogP contribution in [-0.4, -0.2) is 99.1 Å². The molecule has 2 N–H and O–H groups in total. The molecule has 3 atom stereocenters. The number of urea groups is 1. The van der Waals surface area contributed by atoms with Crippen molar-refractivity contribution in [3.8, 4) is 0 Å². The van der Waals surface area contributed by atoms with E-state index in [1.165, 1.54) is 16.2 Å². The minimum Gasteiger partial charge on any atom is -0.477 e. The molecule has 0 aromatic carbocycles. The van der Waals surface area contributed by atoms with Crippen LogP contribution in [0, 0.1) is 5.92 Å². The molecule has 28 heavy (non-hydrogen) atoms. The van der Waals surface area contributed by atoms with Gasteiger partial charge in [0, 0.05) is 26.1 Å². The number of carboxylic acids is 1. The first-order valence-corrected chi connectivity index (χ1v) is 9.62. The van der Waals surface area contributed by atoms with Crippen LogP contribution in [0.5, 0.6) is 0 Å².